The van der Waals surface area contributed by atoms with Gasteiger partial charge in [0.05, 0.1) is 25.4 Å². The Hall–Kier alpha value is -3.44. The lowest BCUT2D eigenvalue weighted by Gasteiger charge is -2.30. The van der Waals surface area contributed by atoms with Crippen molar-refractivity contribution < 1.29 is 45.7 Å². The van der Waals surface area contributed by atoms with Gasteiger partial charge in [-0.25, -0.2) is 34.1 Å². The molecule has 0 bridgehead atoms. The first-order valence-corrected chi connectivity index (χ1v) is 15.5. The largest absolute Gasteiger partial charge is 0.756 e. The van der Waals surface area contributed by atoms with E-state index < -0.39 is 74.3 Å². The summed E-state index contributed by atoms with van der Waals surface area (Å²) in [5.74, 6) is 0.190. The quantitative estimate of drug-likeness (QED) is 0.164. The van der Waals surface area contributed by atoms with E-state index in [1.807, 2.05) is 0 Å². The first kappa shape index (κ1) is 28.3. The van der Waals surface area contributed by atoms with Crippen molar-refractivity contribution >= 4 is 52.1 Å². The molecule has 3 aliphatic rings. The van der Waals surface area contributed by atoms with Crippen LogP contribution in [0.1, 0.15) is 18.9 Å². The second kappa shape index (κ2) is 10.3. The number of aliphatic hydroxyl groups excluding tert-OH is 1. The van der Waals surface area contributed by atoms with Crippen LogP contribution < -0.4 is 21.1 Å². The molecule has 4 aromatic heterocycles. The van der Waals surface area contributed by atoms with E-state index in [1.54, 1.807) is 0 Å². The van der Waals surface area contributed by atoms with E-state index in [9.17, 15) is 23.0 Å². The van der Waals surface area contributed by atoms with Crippen molar-refractivity contribution in [3.05, 3.63) is 25.3 Å². The molecular formula is C20H23N11O10PS-. The number of nitrogens with zero attached hydrogens (tertiary/aromatic N) is 8. The normalized spacial score (nSPS) is 34.9. The molecule has 8 atom stereocenters. The molecule has 3 aliphatic heterocycles. The Labute approximate surface area is 241 Å². The summed E-state index contributed by atoms with van der Waals surface area (Å²) < 4.78 is 71.4. The van der Waals surface area contributed by atoms with Crippen LogP contribution in [0.2, 0.25) is 0 Å². The second-order valence-corrected chi connectivity index (χ2v) is 12.6. The van der Waals surface area contributed by atoms with E-state index in [4.69, 9.17) is 34.2 Å². The first-order valence-electron chi connectivity index (χ1n) is 12.7. The van der Waals surface area contributed by atoms with E-state index in [0.717, 1.165) is 0 Å². The van der Waals surface area contributed by atoms with Crippen molar-refractivity contribution in [3.63, 3.8) is 0 Å². The van der Waals surface area contributed by atoms with Crippen LogP contribution in [0.15, 0.2) is 25.3 Å². The zero-order chi connectivity index (χ0) is 30.1. The number of hydrogen-bond acceptors (Lipinski definition) is 18. The molecule has 3 saturated heterocycles. The van der Waals surface area contributed by atoms with E-state index in [2.05, 4.69) is 34.6 Å². The van der Waals surface area contributed by atoms with Crippen LogP contribution >= 0.6 is 7.82 Å². The third kappa shape index (κ3) is 5.10. The predicted octanol–water partition coefficient (Wildman–Crippen LogP) is -2.52. The maximum absolute atomic E-state index is 13.0. The Morgan fingerprint density at radius 1 is 0.953 bits per heavy atom. The minimum atomic E-state index is -5.05. The number of aliphatic hydroxyl groups is 1. The van der Waals surface area contributed by atoms with E-state index in [0.29, 0.717) is 11.2 Å². The fraction of sp³-hybridized carbons (Fsp3) is 0.500. The van der Waals surface area contributed by atoms with Gasteiger partial charge < -0.3 is 40.0 Å². The number of nitrogens with one attached hydrogen (secondary N) is 1. The van der Waals surface area contributed by atoms with Crippen LogP contribution in [-0.2, 0) is 37.6 Å². The third-order valence-electron chi connectivity index (χ3n) is 7.21. The Morgan fingerprint density at radius 3 is 2.30 bits per heavy atom. The van der Waals surface area contributed by atoms with Crippen LogP contribution in [0.25, 0.3) is 22.3 Å². The van der Waals surface area contributed by atoms with Gasteiger partial charge in [0.15, 0.2) is 29.2 Å². The summed E-state index contributed by atoms with van der Waals surface area (Å²) in [6.07, 6.45) is -4.17. The summed E-state index contributed by atoms with van der Waals surface area (Å²) >= 11 is 0. The monoisotopic (exact) mass is 640 g/mol. The molecule has 0 amide bonds. The minimum absolute atomic E-state index is 0.0553. The number of imidazole rings is 2. The highest BCUT2D eigenvalue weighted by Gasteiger charge is 2.50. The highest BCUT2D eigenvalue weighted by Crippen LogP contribution is 2.46. The summed E-state index contributed by atoms with van der Waals surface area (Å²) in [7, 11) is -9.62. The molecule has 43 heavy (non-hydrogen) atoms. The molecule has 7 rings (SSSR count). The van der Waals surface area contributed by atoms with Crippen molar-refractivity contribution in [2.75, 3.05) is 24.6 Å². The zero-order valence-corrected chi connectivity index (χ0v) is 23.4. The van der Waals surface area contributed by atoms with Gasteiger partial charge in [-0.05, 0) is 0 Å². The summed E-state index contributed by atoms with van der Waals surface area (Å²) in [6.45, 7) is -1.23. The SMILES string of the molecule is Nc1ncnc2c1ncn2[C@@H]1O[C@@H]2COP(=O)([O-])O[C@H]3C[C@H](n4cnc5c(N)ncnc54)O[C@@H]3CNS(=O)(=O)O[C@H]2[C@H]1O. The summed E-state index contributed by atoms with van der Waals surface area (Å²) in [4.78, 5) is 37.2. The van der Waals surface area contributed by atoms with Gasteiger partial charge in [-0.2, -0.15) is 13.1 Å². The molecule has 0 saturated carbocycles. The highest BCUT2D eigenvalue weighted by molar-refractivity contribution is 7.84. The van der Waals surface area contributed by atoms with Gasteiger partial charge in [-0.3, -0.25) is 13.7 Å². The molecule has 4 aromatic rings. The molecule has 0 spiro atoms. The fourth-order valence-corrected chi connectivity index (χ4v) is 7.14. The number of hydrogen-bond donors (Lipinski definition) is 4. The number of aromatic nitrogens is 8. The van der Waals surface area contributed by atoms with Crippen molar-refractivity contribution in [2.45, 2.75) is 49.4 Å². The molecule has 21 nitrogen and oxygen atoms in total. The van der Waals surface area contributed by atoms with Gasteiger partial charge in [-0.1, -0.05) is 0 Å². The lowest BCUT2D eigenvalue weighted by molar-refractivity contribution is -0.233. The first-order chi connectivity index (χ1) is 20.5. The number of phosphoric ester groups is 1. The van der Waals surface area contributed by atoms with Crippen LogP contribution in [0.5, 0.6) is 0 Å². The maximum atomic E-state index is 13.0. The van der Waals surface area contributed by atoms with Crippen molar-refractivity contribution in [1.82, 2.24) is 43.8 Å². The lowest BCUT2D eigenvalue weighted by Crippen LogP contribution is -2.45. The maximum Gasteiger partial charge on any atom is 0.336 e. The van der Waals surface area contributed by atoms with Crippen molar-refractivity contribution in [2.24, 2.45) is 0 Å². The molecule has 0 aromatic carbocycles. The molecule has 23 heteroatoms. The molecule has 0 radical (unpaired) electrons. The Morgan fingerprint density at radius 2 is 1.60 bits per heavy atom. The average molecular weight is 641 g/mol. The smallest absolute Gasteiger partial charge is 0.336 e. The standard InChI is InChI=1S/C20H24N11O10PS/c21-16-12-18(25-4-23-16)30(6-27-12)11-1-8-9(38-11)2-29-43(35,36)41-15-10(3-37-42(33,34)40-8)39-20(14(15)32)31-7-28-13-17(22)24-5-26-19(13)31/h4-11,14-15,20,29,32H,1-3H2,(H,33,34)(H2,21,23,25)(H2,22,24,26)/p-1/t8-,9+,10+,11+,14+,15+,20+/m0/s1. The Kier molecular flexibility index (Phi) is 6.81. The summed E-state index contributed by atoms with van der Waals surface area (Å²) in [5.41, 5.74) is 12.7. The molecule has 3 fully saturated rings. The van der Waals surface area contributed by atoms with Crippen LogP contribution in [0.4, 0.5) is 11.6 Å². The zero-order valence-electron chi connectivity index (χ0n) is 21.7. The molecule has 7 heterocycles. The topological polar surface area (TPSA) is 292 Å². The number of phosphoric acid groups is 1. The average Bonchev–Trinajstić information content (AvgIpc) is 3.72. The van der Waals surface area contributed by atoms with Gasteiger partial charge >= 0.3 is 10.3 Å². The van der Waals surface area contributed by atoms with Gasteiger partial charge in [0, 0.05) is 13.0 Å². The van der Waals surface area contributed by atoms with Crippen molar-refractivity contribution in [1.29, 1.82) is 0 Å². The van der Waals surface area contributed by atoms with Crippen molar-refractivity contribution in [3.8, 4) is 0 Å². The van der Waals surface area contributed by atoms with Gasteiger partial charge in [0.2, 0.25) is 0 Å². The highest BCUT2D eigenvalue weighted by atomic mass is 32.2. The molecule has 1 unspecified atom stereocenters. The Balaban J connectivity index is 1.15. The molecule has 6 N–H and O–H groups in total. The molecule has 230 valence electrons. The Bertz CT molecular complexity index is 1860. The second-order valence-electron chi connectivity index (χ2n) is 9.84. The molecular weight excluding hydrogens is 617 g/mol. The predicted molar refractivity (Wildman–Crippen MR) is 138 cm³/mol. The lowest BCUT2D eigenvalue weighted by atomic mass is 10.1. The number of nitrogens with two attached hydrogens (primary N) is 2. The molecule has 0 aliphatic carbocycles. The number of nitrogen functional groups attached to an aromatic ring is 2. The van der Waals surface area contributed by atoms with Gasteiger partial charge in [-0.15, -0.1) is 0 Å². The van der Waals surface area contributed by atoms with Crippen LogP contribution in [0, 0.1) is 0 Å². The van der Waals surface area contributed by atoms with E-state index >= 15 is 0 Å². The number of ether oxygens (including phenoxy) is 2. The number of anilines is 2. The van der Waals surface area contributed by atoms with E-state index in [-0.39, 0.29) is 29.2 Å². The number of rotatable bonds is 2. The third-order valence-corrected chi connectivity index (χ3v) is 9.20. The summed E-state index contributed by atoms with van der Waals surface area (Å²) in [6, 6.07) is 0. The van der Waals surface area contributed by atoms with E-state index in [1.165, 1.54) is 34.4 Å². The fourth-order valence-electron chi connectivity index (χ4n) is 5.23. The van der Waals surface area contributed by atoms with Crippen LogP contribution in [-0.4, -0.2) is 96.2 Å². The number of fused-ring (bicyclic) bond motifs is 4. The van der Waals surface area contributed by atoms with Crippen LogP contribution in [0.3, 0.4) is 0 Å². The van der Waals surface area contributed by atoms with Gasteiger partial charge in [0.1, 0.15) is 54.3 Å². The summed E-state index contributed by atoms with van der Waals surface area (Å²) in [5, 5.41) is 11.1. The van der Waals surface area contributed by atoms with Gasteiger partial charge in [0.25, 0.3) is 7.82 Å². The minimum Gasteiger partial charge on any atom is -0.756 e.